The lowest BCUT2D eigenvalue weighted by atomic mass is 9.90. The molecule has 2 nitrogen and oxygen atoms in total. The summed E-state index contributed by atoms with van der Waals surface area (Å²) in [6, 6.07) is 4.23. The molecule has 3 heteroatoms. The number of hydrogen-bond acceptors (Lipinski definition) is 1. The van der Waals surface area contributed by atoms with Crippen molar-refractivity contribution in [3.63, 3.8) is 0 Å². The van der Waals surface area contributed by atoms with Crippen molar-refractivity contribution < 1.29 is 9.90 Å². The maximum atomic E-state index is 10.9. The number of carbonyl (C=O) groups is 1. The zero-order chi connectivity index (χ0) is 11.9. The molecule has 16 heavy (non-hydrogen) atoms. The first kappa shape index (κ1) is 11.6. The molecule has 0 atom stereocenters. The van der Waals surface area contributed by atoms with Gasteiger partial charge in [0.2, 0.25) is 0 Å². The maximum absolute atomic E-state index is 10.9. The Morgan fingerprint density at radius 3 is 2.56 bits per heavy atom. The van der Waals surface area contributed by atoms with Gasteiger partial charge >= 0.3 is 5.97 Å². The molecule has 1 fully saturated rings. The highest BCUT2D eigenvalue weighted by Crippen LogP contribution is 2.53. The molecular formula is C13H15BrO2. The molecule has 1 aliphatic rings. The van der Waals surface area contributed by atoms with Crippen LogP contribution in [-0.2, 0) is 10.2 Å². The van der Waals surface area contributed by atoms with Crippen molar-refractivity contribution in [1.29, 1.82) is 0 Å². The minimum atomic E-state index is -0.705. The van der Waals surface area contributed by atoms with E-state index in [0.29, 0.717) is 0 Å². The fraction of sp³-hybridized carbons (Fsp3) is 0.462. The Morgan fingerprint density at radius 1 is 1.44 bits per heavy atom. The number of hydrogen-bond donors (Lipinski definition) is 1. The van der Waals surface area contributed by atoms with Gasteiger partial charge in [-0.15, -0.1) is 0 Å². The van der Waals surface area contributed by atoms with Crippen molar-refractivity contribution in [3.8, 4) is 0 Å². The zero-order valence-corrected chi connectivity index (χ0v) is 11.1. The predicted octanol–water partition coefficient (Wildman–Crippen LogP) is 3.57. The van der Waals surface area contributed by atoms with E-state index in [9.17, 15) is 4.79 Å². The molecule has 0 aliphatic heterocycles. The summed E-state index contributed by atoms with van der Waals surface area (Å²) in [6.45, 7) is 4.11. The second kappa shape index (κ2) is 3.88. The molecule has 1 aromatic carbocycles. The van der Waals surface area contributed by atoms with E-state index in [2.05, 4.69) is 41.9 Å². The normalized spacial score (nSPS) is 17.2. The monoisotopic (exact) mass is 282 g/mol. The molecule has 0 amide bonds. The SMILES string of the molecule is Cc1cc(C)c(Br)c(C2(CC(=O)O)CC2)c1. The average Bonchev–Trinajstić information content (AvgIpc) is 2.91. The lowest BCUT2D eigenvalue weighted by Crippen LogP contribution is -2.14. The Morgan fingerprint density at radius 2 is 2.06 bits per heavy atom. The molecule has 0 heterocycles. The lowest BCUT2D eigenvalue weighted by molar-refractivity contribution is -0.137. The number of aryl methyl sites for hydroxylation is 2. The van der Waals surface area contributed by atoms with Gasteiger partial charge in [0, 0.05) is 9.89 Å². The van der Waals surface area contributed by atoms with Crippen molar-refractivity contribution in [2.75, 3.05) is 0 Å². The van der Waals surface area contributed by atoms with Crippen LogP contribution >= 0.6 is 15.9 Å². The van der Waals surface area contributed by atoms with Gasteiger partial charge in [-0.25, -0.2) is 0 Å². The zero-order valence-electron chi connectivity index (χ0n) is 9.51. The number of carboxylic acid groups (broad SMARTS) is 1. The molecule has 2 rings (SSSR count). The Hall–Kier alpha value is -0.830. The molecular weight excluding hydrogens is 268 g/mol. The fourth-order valence-electron chi connectivity index (χ4n) is 2.32. The van der Waals surface area contributed by atoms with Crippen molar-refractivity contribution in [2.45, 2.75) is 38.5 Å². The molecule has 1 aromatic rings. The molecule has 1 saturated carbocycles. The molecule has 0 radical (unpaired) electrons. The van der Waals surface area contributed by atoms with Crippen LogP contribution in [0.2, 0.25) is 0 Å². The van der Waals surface area contributed by atoms with Crippen LogP contribution in [0.1, 0.15) is 36.0 Å². The standard InChI is InChI=1S/C13H15BrO2/c1-8-5-9(2)12(14)10(6-8)13(3-4-13)7-11(15)16/h5-6H,3-4,7H2,1-2H3,(H,15,16). The van der Waals surface area contributed by atoms with Crippen LogP contribution in [0.5, 0.6) is 0 Å². The summed E-state index contributed by atoms with van der Waals surface area (Å²) >= 11 is 3.59. The van der Waals surface area contributed by atoms with E-state index in [-0.39, 0.29) is 11.8 Å². The minimum Gasteiger partial charge on any atom is -0.481 e. The maximum Gasteiger partial charge on any atom is 0.304 e. The summed E-state index contributed by atoms with van der Waals surface area (Å²) in [6.07, 6.45) is 2.22. The third-order valence-electron chi connectivity index (χ3n) is 3.31. The second-order valence-corrected chi connectivity index (χ2v) is 5.59. The highest BCUT2D eigenvalue weighted by atomic mass is 79.9. The van der Waals surface area contributed by atoms with Crippen LogP contribution in [0.3, 0.4) is 0 Å². The van der Waals surface area contributed by atoms with E-state index >= 15 is 0 Å². The Balaban J connectivity index is 2.44. The van der Waals surface area contributed by atoms with Crippen molar-refractivity contribution in [3.05, 3.63) is 33.3 Å². The van der Waals surface area contributed by atoms with E-state index in [1.165, 1.54) is 16.7 Å². The van der Waals surface area contributed by atoms with Crippen LogP contribution in [0.15, 0.2) is 16.6 Å². The van der Waals surface area contributed by atoms with E-state index in [1.807, 2.05) is 0 Å². The molecule has 0 unspecified atom stereocenters. The van der Waals surface area contributed by atoms with Crippen molar-refractivity contribution in [1.82, 2.24) is 0 Å². The number of aliphatic carboxylic acids is 1. The van der Waals surface area contributed by atoms with Crippen LogP contribution in [0.4, 0.5) is 0 Å². The summed E-state index contributed by atoms with van der Waals surface area (Å²) in [4.78, 5) is 10.9. The first-order chi connectivity index (χ1) is 7.44. The largest absolute Gasteiger partial charge is 0.481 e. The van der Waals surface area contributed by atoms with Gasteiger partial charge < -0.3 is 5.11 Å². The number of halogens is 1. The van der Waals surface area contributed by atoms with E-state index in [1.54, 1.807) is 0 Å². The van der Waals surface area contributed by atoms with Gasteiger partial charge in [0.05, 0.1) is 6.42 Å². The average molecular weight is 283 g/mol. The number of benzene rings is 1. The molecule has 0 spiro atoms. The van der Waals surface area contributed by atoms with Crippen LogP contribution < -0.4 is 0 Å². The highest BCUT2D eigenvalue weighted by molar-refractivity contribution is 9.10. The highest BCUT2D eigenvalue weighted by Gasteiger charge is 2.47. The first-order valence-corrected chi connectivity index (χ1v) is 6.23. The van der Waals surface area contributed by atoms with E-state index in [4.69, 9.17) is 5.11 Å². The van der Waals surface area contributed by atoms with E-state index in [0.717, 1.165) is 17.3 Å². The number of carboxylic acids is 1. The van der Waals surface area contributed by atoms with Crippen molar-refractivity contribution in [2.24, 2.45) is 0 Å². The van der Waals surface area contributed by atoms with Gasteiger partial charge in [-0.2, -0.15) is 0 Å². The molecule has 0 aromatic heterocycles. The minimum absolute atomic E-state index is 0.110. The Bertz CT molecular complexity index is 447. The third kappa shape index (κ3) is 2.01. The van der Waals surface area contributed by atoms with E-state index < -0.39 is 5.97 Å². The lowest BCUT2D eigenvalue weighted by Gasteiger charge is -2.17. The topological polar surface area (TPSA) is 37.3 Å². The van der Waals surface area contributed by atoms with Crippen LogP contribution in [0, 0.1) is 13.8 Å². The summed E-state index contributed by atoms with van der Waals surface area (Å²) in [5, 5.41) is 8.96. The fourth-order valence-corrected chi connectivity index (χ4v) is 2.97. The smallest absolute Gasteiger partial charge is 0.304 e. The summed E-state index contributed by atoms with van der Waals surface area (Å²) in [5.41, 5.74) is 3.45. The van der Waals surface area contributed by atoms with Gasteiger partial charge in [-0.1, -0.05) is 33.6 Å². The van der Waals surface area contributed by atoms with Crippen molar-refractivity contribution >= 4 is 21.9 Å². The summed E-state index contributed by atoms with van der Waals surface area (Å²) in [5.74, 6) is -0.705. The summed E-state index contributed by atoms with van der Waals surface area (Å²) in [7, 11) is 0. The van der Waals surface area contributed by atoms with Crippen LogP contribution in [-0.4, -0.2) is 11.1 Å². The quantitative estimate of drug-likeness (QED) is 0.920. The molecule has 1 N–H and O–H groups in total. The van der Waals surface area contributed by atoms with Crippen LogP contribution in [0.25, 0.3) is 0 Å². The summed E-state index contributed by atoms with van der Waals surface area (Å²) < 4.78 is 1.08. The first-order valence-electron chi connectivity index (χ1n) is 5.44. The number of rotatable bonds is 3. The molecule has 0 bridgehead atoms. The molecule has 86 valence electrons. The van der Waals surface area contributed by atoms with Gasteiger partial charge in [0.25, 0.3) is 0 Å². The Kier molecular flexibility index (Phi) is 2.82. The third-order valence-corrected chi connectivity index (χ3v) is 4.37. The molecule has 0 saturated heterocycles. The van der Waals surface area contributed by atoms with Gasteiger partial charge in [0.15, 0.2) is 0 Å². The van der Waals surface area contributed by atoms with Gasteiger partial charge in [0.1, 0.15) is 0 Å². The van der Waals surface area contributed by atoms with Gasteiger partial charge in [-0.05, 0) is 37.8 Å². The second-order valence-electron chi connectivity index (χ2n) is 4.79. The predicted molar refractivity (Wildman–Crippen MR) is 66.8 cm³/mol. The molecule has 1 aliphatic carbocycles. The van der Waals surface area contributed by atoms with Gasteiger partial charge in [-0.3, -0.25) is 4.79 Å². The Labute approximate surface area is 104 Å².